The second-order valence-electron chi connectivity index (χ2n) is 4.58. The number of aromatic nitrogens is 3. The summed E-state index contributed by atoms with van der Waals surface area (Å²) < 4.78 is 5.63. The molecule has 0 atom stereocenters. The lowest BCUT2D eigenvalue weighted by atomic mass is 10.3. The van der Waals surface area contributed by atoms with Crippen molar-refractivity contribution in [2.24, 2.45) is 0 Å². The zero-order chi connectivity index (χ0) is 12.4. The molecular formula is C12H16N4OS. The predicted molar refractivity (Wildman–Crippen MR) is 69.5 cm³/mol. The Bertz CT molecular complexity index is 518. The molecule has 1 saturated carbocycles. The third-order valence-corrected chi connectivity index (χ3v) is 3.78. The summed E-state index contributed by atoms with van der Waals surface area (Å²) in [4.78, 5) is 5.13. The highest BCUT2D eigenvalue weighted by Crippen LogP contribution is 2.24. The van der Waals surface area contributed by atoms with Crippen molar-refractivity contribution < 1.29 is 4.42 Å². The fraction of sp³-hybridized carbons (Fsp3) is 0.583. The largest absolute Gasteiger partial charge is 0.420 e. The van der Waals surface area contributed by atoms with Gasteiger partial charge in [-0.25, -0.2) is 4.98 Å². The average molecular weight is 264 g/mol. The molecule has 18 heavy (non-hydrogen) atoms. The van der Waals surface area contributed by atoms with Crippen LogP contribution in [0.2, 0.25) is 0 Å². The first-order valence-corrected chi connectivity index (χ1v) is 7.11. The van der Waals surface area contributed by atoms with E-state index in [4.69, 9.17) is 4.42 Å². The summed E-state index contributed by atoms with van der Waals surface area (Å²) in [5.74, 6) is 1.31. The highest BCUT2D eigenvalue weighted by molar-refractivity contribution is 7.14. The maximum absolute atomic E-state index is 5.63. The lowest BCUT2D eigenvalue weighted by Crippen LogP contribution is -2.17. The molecule has 0 aromatic carbocycles. The van der Waals surface area contributed by atoms with E-state index in [1.807, 2.05) is 6.92 Å². The molecular weight excluding hydrogens is 248 g/mol. The molecule has 2 aromatic rings. The van der Waals surface area contributed by atoms with Gasteiger partial charge in [-0.2, -0.15) is 0 Å². The summed E-state index contributed by atoms with van der Waals surface area (Å²) in [6.07, 6.45) is 6.32. The van der Waals surface area contributed by atoms with E-state index in [1.165, 1.54) is 12.8 Å². The first-order chi connectivity index (χ1) is 8.81. The minimum absolute atomic E-state index is 0.589. The predicted octanol–water partition coefficient (Wildman–Crippen LogP) is 2.19. The van der Waals surface area contributed by atoms with E-state index in [2.05, 4.69) is 20.5 Å². The van der Waals surface area contributed by atoms with Crippen molar-refractivity contribution in [3.8, 4) is 10.8 Å². The van der Waals surface area contributed by atoms with Gasteiger partial charge in [0, 0.05) is 12.5 Å². The topological polar surface area (TPSA) is 63.8 Å². The van der Waals surface area contributed by atoms with E-state index in [0.717, 1.165) is 35.3 Å². The Morgan fingerprint density at radius 3 is 3.06 bits per heavy atom. The third kappa shape index (κ3) is 2.94. The van der Waals surface area contributed by atoms with Crippen molar-refractivity contribution in [3.63, 3.8) is 0 Å². The summed E-state index contributed by atoms with van der Waals surface area (Å²) in [5, 5.41) is 12.6. The Morgan fingerprint density at radius 2 is 2.33 bits per heavy atom. The second-order valence-corrected chi connectivity index (χ2v) is 5.81. The van der Waals surface area contributed by atoms with Crippen molar-refractivity contribution in [1.82, 2.24) is 20.5 Å². The molecule has 2 heterocycles. The van der Waals surface area contributed by atoms with Gasteiger partial charge in [0.2, 0.25) is 5.89 Å². The SMILES string of the molecule is Cc1ncc(-c2nnc(CCCNC3CC3)o2)s1. The quantitative estimate of drug-likeness (QED) is 0.810. The number of nitrogens with one attached hydrogen (secondary N) is 1. The van der Waals surface area contributed by atoms with Gasteiger partial charge in [0.05, 0.1) is 11.2 Å². The second kappa shape index (κ2) is 5.16. The zero-order valence-corrected chi connectivity index (χ0v) is 11.2. The molecule has 6 heteroatoms. The van der Waals surface area contributed by atoms with Crippen molar-refractivity contribution in [2.45, 2.75) is 38.6 Å². The molecule has 0 saturated heterocycles. The van der Waals surface area contributed by atoms with Crippen LogP contribution in [-0.2, 0) is 6.42 Å². The molecule has 0 aliphatic heterocycles. The van der Waals surface area contributed by atoms with Crippen LogP contribution in [0, 0.1) is 6.92 Å². The standard InChI is InChI=1S/C12H16N4OS/c1-8-14-7-10(18-8)12-16-15-11(17-12)3-2-6-13-9-4-5-9/h7,9,13H,2-6H2,1H3. The Labute approximate surface area is 110 Å². The fourth-order valence-electron chi connectivity index (χ4n) is 1.75. The maximum atomic E-state index is 5.63. The summed E-state index contributed by atoms with van der Waals surface area (Å²) >= 11 is 1.57. The van der Waals surface area contributed by atoms with Crippen LogP contribution in [0.4, 0.5) is 0 Å². The summed E-state index contributed by atoms with van der Waals surface area (Å²) in [7, 11) is 0. The molecule has 0 amide bonds. The molecule has 1 aliphatic rings. The van der Waals surface area contributed by atoms with Crippen LogP contribution in [0.15, 0.2) is 10.6 Å². The van der Waals surface area contributed by atoms with Crippen molar-refractivity contribution in [3.05, 3.63) is 17.1 Å². The van der Waals surface area contributed by atoms with Gasteiger partial charge >= 0.3 is 0 Å². The first-order valence-electron chi connectivity index (χ1n) is 6.30. The molecule has 0 bridgehead atoms. The Balaban J connectivity index is 1.52. The van der Waals surface area contributed by atoms with E-state index in [-0.39, 0.29) is 0 Å². The molecule has 0 spiro atoms. The lowest BCUT2D eigenvalue weighted by Gasteiger charge is -1.99. The van der Waals surface area contributed by atoms with Gasteiger partial charge in [0.15, 0.2) is 0 Å². The van der Waals surface area contributed by atoms with Crippen LogP contribution in [0.1, 0.15) is 30.2 Å². The van der Waals surface area contributed by atoms with Gasteiger partial charge in [0.1, 0.15) is 4.88 Å². The molecule has 3 rings (SSSR count). The maximum Gasteiger partial charge on any atom is 0.259 e. The monoisotopic (exact) mass is 264 g/mol. The number of rotatable bonds is 6. The van der Waals surface area contributed by atoms with Crippen LogP contribution in [0.3, 0.4) is 0 Å². The van der Waals surface area contributed by atoms with Gasteiger partial charge in [-0.15, -0.1) is 21.5 Å². The summed E-state index contributed by atoms with van der Waals surface area (Å²) in [5.41, 5.74) is 0. The van der Waals surface area contributed by atoms with E-state index < -0.39 is 0 Å². The smallest absolute Gasteiger partial charge is 0.259 e. The van der Waals surface area contributed by atoms with Crippen molar-refractivity contribution >= 4 is 11.3 Å². The van der Waals surface area contributed by atoms with Gasteiger partial charge in [-0.05, 0) is 32.7 Å². The first kappa shape index (κ1) is 11.8. The average Bonchev–Trinajstić information content (AvgIpc) is 2.88. The van der Waals surface area contributed by atoms with E-state index in [1.54, 1.807) is 17.5 Å². The van der Waals surface area contributed by atoms with Crippen LogP contribution in [-0.4, -0.2) is 27.8 Å². The molecule has 1 N–H and O–H groups in total. The molecule has 1 aliphatic carbocycles. The minimum Gasteiger partial charge on any atom is -0.420 e. The van der Waals surface area contributed by atoms with Crippen molar-refractivity contribution in [2.75, 3.05) is 6.54 Å². The Morgan fingerprint density at radius 1 is 1.44 bits per heavy atom. The van der Waals surface area contributed by atoms with Crippen LogP contribution < -0.4 is 5.32 Å². The van der Waals surface area contributed by atoms with E-state index in [9.17, 15) is 0 Å². The number of aryl methyl sites for hydroxylation is 2. The van der Waals surface area contributed by atoms with Gasteiger partial charge in [-0.3, -0.25) is 0 Å². The molecule has 96 valence electrons. The number of hydrogen-bond acceptors (Lipinski definition) is 6. The minimum atomic E-state index is 0.589. The van der Waals surface area contributed by atoms with E-state index >= 15 is 0 Å². The summed E-state index contributed by atoms with van der Waals surface area (Å²) in [6.45, 7) is 3.00. The molecule has 0 radical (unpaired) electrons. The highest BCUT2D eigenvalue weighted by Gasteiger charge is 2.19. The molecule has 5 nitrogen and oxygen atoms in total. The lowest BCUT2D eigenvalue weighted by molar-refractivity contribution is 0.491. The number of hydrogen-bond donors (Lipinski definition) is 1. The number of nitrogens with zero attached hydrogens (tertiary/aromatic N) is 3. The van der Waals surface area contributed by atoms with Crippen LogP contribution in [0.5, 0.6) is 0 Å². The zero-order valence-electron chi connectivity index (χ0n) is 10.3. The number of thiazole rings is 1. The van der Waals surface area contributed by atoms with Gasteiger partial charge in [0.25, 0.3) is 5.89 Å². The van der Waals surface area contributed by atoms with Crippen LogP contribution in [0.25, 0.3) is 10.8 Å². The Hall–Kier alpha value is -1.27. The summed E-state index contributed by atoms with van der Waals surface area (Å²) in [6, 6.07) is 0.767. The molecule has 2 aromatic heterocycles. The van der Waals surface area contributed by atoms with Crippen molar-refractivity contribution in [1.29, 1.82) is 0 Å². The fourth-order valence-corrected chi connectivity index (χ4v) is 2.45. The van der Waals surface area contributed by atoms with Crippen LogP contribution >= 0.6 is 11.3 Å². The molecule has 0 unspecified atom stereocenters. The highest BCUT2D eigenvalue weighted by atomic mass is 32.1. The normalized spacial score (nSPS) is 15.2. The van der Waals surface area contributed by atoms with Gasteiger partial charge in [-0.1, -0.05) is 0 Å². The Kier molecular flexibility index (Phi) is 3.38. The van der Waals surface area contributed by atoms with E-state index in [0.29, 0.717) is 11.8 Å². The third-order valence-electron chi connectivity index (χ3n) is 2.88. The molecule has 1 fully saturated rings. The van der Waals surface area contributed by atoms with Gasteiger partial charge < -0.3 is 9.73 Å².